The number of benzene rings is 2. The van der Waals surface area contributed by atoms with Crippen LogP contribution in [0.5, 0.6) is 0 Å². The largest absolute Gasteiger partial charge is 0.416 e. The summed E-state index contributed by atoms with van der Waals surface area (Å²) >= 11 is 0. The fraction of sp³-hybridized carbons (Fsp3) is 0.238. The van der Waals surface area contributed by atoms with Crippen LogP contribution >= 0.6 is 0 Å². The summed E-state index contributed by atoms with van der Waals surface area (Å²) in [6, 6.07) is 10.4. The van der Waals surface area contributed by atoms with Gasteiger partial charge in [0.1, 0.15) is 5.69 Å². The third-order valence-electron chi connectivity index (χ3n) is 5.12. The lowest BCUT2D eigenvalue weighted by Crippen LogP contribution is -2.23. The standard InChI is InChI=1S/C21H16F3N3O/c1-12-16-9-13(11-25)10-17(14-3-5-15(6-4-14)21(22,23)24)19(16)27-8-2-7-26-20(28)18(12)27/h3-6,9-10H,2,7-8H2,1H3,(H,26,28). The fourth-order valence-electron chi connectivity index (χ4n) is 3.82. The first kappa shape index (κ1) is 18.1. The summed E-state index contributed by atoms with van der Waals surface area (Å²) in [6.45, 7) is 3.00. The van der Waals surface area contributed by atoms with Crippen LogP contribution in [0.2, 0.25) is 0 Å². The first-order chi connectivity index (χ1) is 13.3. The Labute approximate surface area is 159 Å². The SMILES string of the molecule is Cc1c2n(c3c(-c4ccc(C(F)(F)F)cc4)cc(C#N)cc13)CCCNC2=O. The molecule has 0 bridgehead atoms. The summed E-state index contributed by atoms with van der Waals surface area (Å²) in [5, 5.41) is 13.1. The number of aromatic nitrogens is 1. The summed E-state index contributed by atoms with van der Waals surface area (Å²) in [7, 11) is 0. The minimum atomic E-state index is -4.41. The van der Waals surface area contributed by atoms with E-state index in [9.17, 15) is 23.2 Å². The number of halogens is 3. The molecular weight excluding hydrogens is 367 g/mol. The molecule has 4 rings (SSSR count). The molecule has 0 saturated carbocycles. The summed E-state index contributed by atoms with van der Waals surface area (Å²) in [6.07, 6.45) is -3.67. The number of carbonyl (C=O) groups is 1. The fourth-order valence-corrected chi connectivity index (χ4v) is 3.82. The molecule has 1 aromatic heterocycles. The van der Waals surface area contributed by atoms with Crippen LogP contribution in [0, 0.1) is 18.3 Å². The average molecular weight is 383 g/mol. The number of hydrogen-bond donors (Lipinski definition) is 1. The Bertz CT molecular complexity index is 1140. The number of aryl methyl sites for hydroxylation is 2. The van der Waals surface area contributed by atoms with Crippen molar-refractivity contribution in [2.45, 2.75) is 26.1 Å². The van der Waals surface area contributed by atoms with Gasteiger partial charge in [-0.3, -0.25) is 4.79 Å². The highest BCUT2D eigenvalue weighted by Gasteiger charge is 2.30. The van der Waals surface area contributed by atoms with Gasteiger partial charge >= 0.3 is 6.18 Å². The number of carbonyl (C=O) groups excluding carboxylic acids is 1. The lowest BCUT2D eigenvalue weighted by molar-refractivity contribution is -0.137. The first-order valence-corrected chi connectivity index (χ1v) is 8.84. The number of hydrogen-bond acceptors (Lipinski definition) is 2. The molecule has 4 nitrogen and oxygen atoms in total. The maximum atomic E-state index is 12.9. The summed E-state index contributed by atoms with van der Waals surface area (Å²) < 4.78 is 40.7. The van der Waals surface area contributed by atoms with Gasteiger partial charge in [0.25, 0.3) is 5.91 Å². The van der Waals surface area contributed by atoms with Crippen molar-refractivity contribution in [3.05, 3.63) is 58.8 Å². The van der Waals surface area contributed by atoms with E-state index in [-0.39, 0.29) is 5.91 Å². The molecule has 0 radical (unpaired) electrons. The van der Waals surface area contributed by atoms with E-state index < -0.39 is 11.7 Å². The van der Waals surface area contributed by atoms with Crippen molar-refractivity contribution in [3.63, 3.8) is 0 Å². The van der Waals surface area contributed by atoms with Crippen LogP contribution in [-0.4, -0.2) is 17.0 Å². The van der Waals surface area contributed by atoms with Crippen molar-refractivity contribution in [2.75, 3.05) is 6.54 Å². The molecule has 2 aromatic carbocycles. The number of nitrogens with zero attached hydrogens (tertiary/aromatic N) is 2. The summed E-state index contributed by atoms with van der Waals surface area (Å²) in [5.41, 5.74) is 2.95. The Balaban J connectivity index is 2.02. The summed E-state index contributed by atoms with van der Waals surface area (Å²) in [4.78, 5) is 12.5. The molecule has 28 heavy (non-hydrogen) atoms. The highest BCUT2D eigenvalue weighted by molar-refractivity contribution is 6.06. The highest BCUT2D eigenvalue weighted by Crippen LogP contribution is 2.37. The van der Waals surface area contributed by atoms with Crippen LogP contribution in [0.4, 0.5) is 13.2 Å². The maximum absolute atomic E-state index is 12.9. The van der Waals surface area contributed by atoms with Gasteiger partial charge in [0.15, 0.2) is 0 Å². The maximum Gasteiger partial charge on any atom is 0.416 e. The predicted molar refractivity (Wildman–Crippen MR) is 98.8 cm³/mol. The van der Waals surface area contributed by atoms with Gasteiger partial charge in [-0.05, 0) is 48.7 Å². The molecule has 7 heteroatoms. The van der Waals surface area contributed by atoms with E-state index in [1.807, 2.05) is 11.5 Å². The number of rotatable bonds is 1. The molecule has 142 valence electrons. The smallest absolute Gasteiger partial charge is 0.351 e. The number of fused-ring (bicyclic) bond motifs is 3. The van der Waals surface area contributed by atoms with Crippen LogP contribution in [-0.2, 0) is 12.7 Å². The number of alkyl halides is 3. The van der Waals surface area contributed by atoms with E-state index in [0.29, 0.717) is 35.5 Å². The second-order valence-electron chi connectivity index (χ2n) is 6.84. The zero-order chi connectivity index (χ0) is 20.1. The molecule has 0 spiro atoms. The zero-order valence-electron chi connectivity index (χ0n) is 15.0. The molecule has 1 aliphatic heterocycles. The molecule has 0 fully saturated rings. The van der Waals surface area contributed by atoms with Crippen molar-refractivity contribution in [2.24, 2.45) is 0 Å². The topological polar surface area (TPSA) is 57.8 Å². The molecule has 0 atom stereocenters. The Morgan fingerprint density at radius 2 is 1.89 bits per heavy atom. The third-order valence-corrected chi connectivity index (χ3v) is 5.12. The minimum Gasteiger partial charge on any atom is -0.351 e. The number of amides is 1. The quantitative estimate of drug-likeness (QED) is 0.666. The number of nitrogens with one attached hydrogen (secondary N) is 1. The predicted octanol–water partition coefficient (Wildman–Crippen LogP) is 4.64. The second kappa shape index (κ2) is 6.41. The third kappa shape index (κ3) is 2.82. The van der Waals surface area contributed by atoms with Gasteiger partial charge in [-0.15, -0.1) is 0 Å². The van der Waals surface area contributed by atoms with Crippen molar-refractivity contribution in [1.29, 1.82) is 5.26 Å². The van der Waals surface area contributed by atoms with Gasteiger partial charge < -0.3 is 9.88 Å². The average Bonchev–Trinajstić information content (AvgIpc) is 2.82. The van der Waals surface area contributed by atoms with Crippen molar-refractivity contribution in [3.8, 4) is 17.2 Å². The first-order valence-electron chi connectivity index (χ1n) is 8.84. The van der Waals surface area contributed by atoms with Gasteiger partial charge in [0.05, 0.1) is 22.7 Å². The molecule has 0 aliphatic carbocycles. The van der Waals surface area contributed by atoms with Crippen LogP contribution in [0.25, 0.3) is 22.0 Å². The Kier molecular flexibility index (Phi) is 4.15. The Hall–Kier alpha value is -3.27. The zero-order valence-corrected chi connectivity index (χ0v) is 15.0. The normalized spacial score (nSPS) is 14.3. The van der Waals surface area contributed by atoms with E-state index in [4.69, 9.17) is 0 Å². The Morgan fingerprint density at radius 1 is 1.18 bits per heavy atom. The lowest BCUT2D eigenvalue weighted by atomic mass is 9.98. The van der Waals surface area contributed by atoms with Crippen LogP contribution in [0.1, 0.15) is 33.6 Å². The van der Waals surface area contributed by atoms with Gasteiger partial charge in [-0.2, -0.15) is 18.4 Å². The van der Waals surface area contributed by atoms with Crippen molar-refractivity contribution >= 4 is 16.8 Å². The monoisotopic (exact) mass is 383 g/mol. The van der Waals surface area contributed by atoms with Gasteiger partial charge in [-0.25, -0.2) is 0 Å². The molecule has 1 N–H and O–H groups in total. The van der Waals surface area contributed by atoms with Gasteiger partial charge in [0, 0.05) is 24.0 Å². The second-order valence-corrected chi connectivity index (χ2v) is 6.84. The van der Waals surface area contributed by atoms with Crippen molar-refractivity contribution < 1.29 is 18.0 Å². The molecule has 0 unspecified atom stereocenters. The van der Waals surface area contributed by atoms with Crippen LogP contribution in [0.15, 0.2) is 36.4 Å². The van der Waals surface area contributed by atoms with E-state index in [2.05, 4.69) is 11.4 Å². The lowest BCUT2D eigenvalue weighted by Gasteiger charge is -2.12. The van der Waals surface area contributed by atoms with Crippen LogP contribution in [0.3, 0.4) is 0 Å². The highest BCUT2D eigenvalue weighted by atomic mass is 19.4. The Morgan fingerprint density at radius 3 is 2.54 bits per heavy atom. The van der Waals surface area contributed by atoms with E-state index in [0.717, 1.165) is 35.0 Å². The molecule has 3 aromatic rings. The van der Waals surface area contributed by atoms with Crippen LogP contribution < -0.4 is 5.32 Å². The molecule has 0 saturated heterocycles. The van der Waals surface area contributed by atoms with Crippen molar-refractivity contribution in [1.82, 2.24) is 9.88 Å². The van der Waals surface area contributed by atoms with E-state index in [1.54, 1.807) is 12.1 Å². The molecular formula is C21H16F3N3O. The molecule has 1 amide bonds. The van der Waals surface area contributed by atoms with Gasteiger partial charge in [-0.1, -0.05) is 12.1 Å². The molecule has 1 aliphatic rings. The molecule has 2 heterocycles. The number of nitriles is 1. The summed E-state index contributed by atoms with van der Waals surface area (Å²) in [5.74, 6) is -0.178. The minimum absolute atomic E-state index is 0.178. The van der Waals surface area contributed by atoms with E-state index in [1.165, 1.54) is 12.1 Å². The van der Waals surface area contributed by atoms with E-state index >= 15 is 0 Å². The van der Waals surface area contributed by atoms with Gasteiger partial charge in [0.2, 0.25) is 0 Å².